The summed E-state index contributed by atoms with van der Waals surface area (Å²) in [5, 5.41) is 0. The molecule has 266 valence electrons. The number of unbranched alkanes of at least 4 members (excludes halogenated alkanes) is 2. The highest BCUT2D eigenvalue weighted by molar-refractivity contribution is 5.73. The summed E-state index contributed by atoms with van der Waals surface area (Å²) in [4.78, 5) is 0. The number of rotatable bonds is 11. The van der Waals surface area contributed by atoms with E-state index in [0.29, 0.717) is 31.4 Å². The van der Waals surface area contributed by atoms with Crippen LogP contribution in [0, 0.1) is 35.0 Å². The number of hydrogen-bond donors (Lipinski definition) is 0. The molecule has 5 rings (SSSR count). The normalized spacial score (nSPS) is 17.0. The SMILES string of the molecule is CCCCCC1COC(c2ccc(C(F)(F)Oc3ccc(-c4ccc(-c5cc(F)c(/C=C/C(F)(F)F)c(F)c5)c(F)c4)c(F)c3)c(F)c2)OC1. The van der Waals surface area contributed by atoms with Crippen molar-refractivity contribution < 1.29 is 58.1 Å². The molecule has 0 N–H and O–H groups in total. The zero-order chi connectivity index (χ0) is 36.2. The molecule has 0 atom stereocenters. The highest BCUT2D eigenvalue weighted by Gasteiger charge is 2.38. The van der Waals surface area contributed by atoms with Crippen molar-refractivity contribution in [3.05, 3.63) is 119 Å². The molecular formula is C37H30F10O3. The Balaban J connectivity index is 1.27. The van der Waals surface area contributed by atoms with Gasteiger partial charge in [-0.25, -0.2) is 22.0 Å². The van der Waals surface area contributed by atoms with Gasteiger partial charge in [-0.1, -0.05) is 44.4 Å². The van der Waals surface area contributed by atoms with Crippen LogP contribution in [0.4, 0.5) is 43.9 Å². The molecule has 4 aromatic carbocycles. The van der Waals surface area contributed by atoms with Gasteiger partial charge < -0.3 is 14.2 Å². The molecule has 13 heteroatoms. The summed E-state index contributed by atoms with van der Waals surface area (Å²) in [5.41, 5.74) is -2.93. The molecule has 50 heavy (non-hydrogen) atoms. The van der Waals surface area contributed by atoms with Crippen molar-refractivity contribution in [3.8, 4) is 28.0 Å². The van der Waals surface area contributed by atoms with Crippen molar-refractivity contribution in [2.24, 2.45) is 5.92 Å². The Bertz CT molecular complexity index is 1820. The van der Waals surface area contributed by atoms with Gasteiger partial charge in [-0.05, 0) is 66.1 Å². The molecule has 4 aromatic rings. The van der Waals surface area contributed by atoms with Crippen molar-refractivity contribution in [1.29, 1.82) is 0 Å². The van der Waals surface area contributed by atoms with Gasteiger partial charge in [0.15, 0.2) is 6.29 Å². The highest BCUT2D eigenvalue weighted by atomic mass is 19.4. The molecule has 1 aliphatic heterocycles. The molecule has 1 aliphatic rings. The number of hydrogen-bond acceptors (Lipinski definition) is 3. The van der Waals surface area contributed by atoms with E-state index in [9.17, 15) is 26.3 Å². The third-order valence-corrected chi connectivity index (χ3v) is 8.06. The van der Waals surface area contributed by atoms with E-state index in [-0.39, 0.29) is 45.9 Å². The number of alkyl halides is 5. The van der Waals surface area contributed by atoms with Crippen LogP contribution >= 0.6 is 0 Å². The van der Waals surface area contributed by atoms with Gasteiger partial charge in [-0.15, -0.1) is 0 Å². The first-order valence-corrected chi connectivity index (χ1v) is 15.6. The van der Waals surface area contributed by atoms with E-state index in [0.717, 1.165) is 62.1 Å². The molecule has 0 radical (unpaired) electrons. The largest absolute Gasteiger partial charge is 0.429 e. The Hall–Kier alpha value is -4.36. The van der Waals surface area contributed by atoms with Gasteiger partial charge >= 0.3 is 12.3 Å². The summed E-state index contributed by atoms with van der Waals surface area (Å²) in [7, 11) is 0. The standard InChI is InChI=1S/C37H30F10O3/c1-2-3-4-5-21-19-48-35(49-20-21)23-7-11-29(34(42)15-23)37(46,47)50-25-8-10-26(33(41)18-25)22-6-9-27(30(38)14-22)24-16-31(39)28(32(40)17-24)12-13-36(43,44)45/h6-18,21,35H,2-5,19-20H2,1H3/b13-12+. The van der Waals surface area contributed by atoms with E-state index in [1.807, 2.05) is 0 Å². The quantitative estimate of drug-likeness (QED) is 0.114. The smallest absolute Gasteiger partial charge is 0.429 e. The molecule has 1 saturated heterocycles. The van der Waals surface area contributed by atoms with Crippen molar-refractivity contribution in [1.82, 2.24) is 0 Å². The molecule has 0 aliphatic carbocycles. The third kappa shape index (κ3) is 8.86. The fraction of sp³-hybridized carbons (Fsp3) is 0.297. The van der Waals surface area contributed by atoms with Crippen LogP contribution in [0.3, 0.4) is 0 Å². The van der Waals surface area contributed by atoms with Crippen LogP contribution in [0.1, 0.15) is 55.6 Å². The number of halogens is 10. The van der Waals surface area contributed by atoms with Crippen LogP contribution in [0.2, 0.25) is 0 Å². The van der Waals surface area contributed by atoms with Gasteiger partial charge in [-0.2, -0.15) is 22.0 Å². The van der Waals surface area contributed by atoms with Crippen LogP contribution in [-0.2, 0) is 15.6 Å². The van der Waals surface area contributed by atoms with Gasteiger partial charge in [0.1, 0.15) is 34.8 Å². The molecule has 0 aromatic heterocycles. The van der Waals surface area contributed by atoms with Gasteiger partial charge in [0.25, 0.3) is 0 Å². The van der Waals surface area contributed by atoms with Crippen molar-refractivity contribution in [2.75, 3.05) is 13.2 Å². The summed E-state index contributed by atoms with van der Waals surface area (Å²) in [5.74, 6) is -6.72. The van der Waals surface area contributed by atoms with Crippen LogP contribution in [0.25, 0.3) is 28.3 Å². The summed E-state index contributed by atoms with van der Waals surface area (Å²) in [6.45, 7) is 2.87. The Morgan fingerprint density at radius 3 is 1.92 bits per heavy atom. The Kier molecular flexibility index (Phi) is 11.3. The number of ether oxygens (including phenoxy) is 3. The van der Waals surface area contributed by atoms with Gasteiger partial charge in [-0.3, -0.25) is 0 Å². The number of allylic oxidation sites excluding steroid dienone is 1. The van der Waals surface area contributed by atoms with Crippen LogP contribution < -0.4 is 4.74 Å². The van der Waals surface area contributed by atoms with E-state index < -0.39 is 64.5 Å². The average molecular weight is 713 g/mol. The zero-order valence-electron chi connectivity index (χ0n) is 26.4. The molecular weight excluding hydrogens is 682 g/mol. The Morgan fingerprint density at radius 2 is 1.32 bits per heavy atom. The Labute approximate surface area is 281 Å². The summed E-state index contributed by atoms with van der Waals surface area (Å²) >= 11 is 0. The summed E-state index contributed by atoms with van der Waals surface area (Å²) < 4.78 is 157. The lowest BCUT2D eigenvalue weighted by molar-refractivity contribution is -0.206. The third-order valence-electron chi connectivity index (χ3n) is 8.06. The molecule has 1 fully saturated rings. The maximum Gasteiger partial charge on any atom is 0.429 e. The molecule has 0 amide bonds. The van der Waals surface area contributed by atoms with E-state index >= 15 is 17.6 Å². The van der Waals surface area contributed by atoms with Crippen molar-refractivity contribution >= 4 is 6.08 Å². The maximum atomic E-state index is 15.1. The van der Waals surface area contributed by atoms with E-state index in [2.05, 4.69) is 11.7 Å². The average Bonchev–Trinajstić information content (AvgIpc) is 3.04. The second-order valence-electron chi connectivity index (χ2n) is 11.8. The summed E-state index contributed by atoms with van der Waals surface area (Å²) in [6.07, 6.45) is -6.01. The lowest BCUT2D eigenvalue weighted by Gasteiger charge is -2.30. The predicted molar refractivity (Wildman–Crippen MR) is 165 cm³/mol. The van der Waals surface area contributed by atoms with E-state index in [4.69, 9.17) is 9.47 Å². The molecule has 1 heterocycles. The highest BCUT2D eigenvalue weighted by Crippen LogP contribution is 2.38. The minimum Gasteiger partial charge on any atom is -0.429 e. The monoisotopic (exact) mass is 712 g/mol. The predicted octanol–water partition coefficient (Wildman–Crippen LogP) is 11.7. The second-order valence-corrected chi connectivity index (χ2v) is 11.8. The van der Waals surface area contributed by atoms with Crippen LogP contribution in [-0.4, -0.2) is 19.4 Å². The van der Waals surface area contributed by atoms with Crippen LogP contribution in [0.15, 0.2) is 72.8 Å². The first kappa shape index (κ1) is 36.9. The topological polar surface area (TPSA) is 27.7 Å². The lowest BCUT2D eigenvalue weighted by Crippen LogP contribution is -2.27. The van der Waals surface area contributed by atoms with E-state index in [1.165, 1.54) is 12.1 Å². The molecule has 0 bridgehead atoms. The zero-order valence-corrected chi connectivity index (χ0v) is 26.4. The van der Waals surface area contributed by atoms with Gasteiger partial charge in [0.2, 0.25) is 0 Å². The van der Waals surface area contributed by atoms with Gasteiger partial charge in [0, 0.05) is 40.3 Å². The first-order chi connectivity index (χ1) is 23.6. The van der Waals surface area contributed by atoms with Crippen LogP contribution in [0.5, 0.6) is 5.75 Å². The lowest BCUT2D eigenvalue weighted by atomic mass is 9.98. The minimum absolute atomic E-state index is 0.0891. The summed E-state index contributed by atoms with van der Waals surface area (Å²) in [6, 6.07) is 9.83. The maximum absolute atomic E-state index is 15.1. The molecule has 0 spiro atoms. The minimum atomic E-state index is -4.82. The molecule has 0 unspecified atom stereocenters. The first-order valence-electron chi connectivity index (χ1n) is 15.6. The molecule has 3 nitrogen and oxygen atoms in total. The fourth-order valence-corrected chi connectivity index (χ4v) is 5.49. The van der Waals surface area contributed by atoms with Gasteiger partial charge in [0.05, 0.1) is 18.8 Å². The molecule has 0 saturated carbocycles. The number of benzene rings is 4. The fourth-order valence-electron chi connectivity index (χ4n) is 5.49. The second kappa shape index (κ2) is 15.3. The van der Waals surface area contributed by atoms with Crippen molar-refractivity contribution in [2.45, 2.75) is 51.2 Å². The van der Waals surface area contributed by atoms with E-state index in [1.54, 1.807) is 0 Å². The Morgan fingerprint density at radius 1 is 0.700 bits per heavy atom. The van der Waals surface area contributed by atoms with Crippen molar-refractivity contribution in [3.63, 3.8) is 0 Å².